The second-order valence-electron chi connectivity index (χ2n) is 4.28. The minimum Gasteiger partial charge on any atom is -0.256 e. The average Bonchev–Trinajstić information content (AvgIpc) is 2.40. The molecule has 0 bridgehead atoms. The van der Waals surface area contributed by atoms with Gasteiger partial charge < -0.3 is 0 Å². The first kappa shape index (κ1) is 12.1. The molecule has 0 radical (unpaired) electrons. The van der Waals surface area contributed by atoms with Crippen molar-refractivity contribution in [3.8, 4) is 6.07 Å². The molecule has 0 heterocycles. The Balaban J connectivity index is 2.24. The van der Waals surface area contributed by atoms with Gasteiger partial charge in [0.05, 0.1) is 17.3 Å². The molecule has 2 heteroatoms. The summed E-state index contributed by atoms with van der Waals surface area (Å²) in [5.41, 5.74) is 5.01. The van der Waals surface area contributed by atoms with Gasteiger partial charge in [0.25, 0.3) is 0 Å². The van der Waals surface area contributed by atoms with E-state index in [1.54, 1.807) is 12.1 Å². The third-order valence-electron chi connectivity index (χ3n) is 2.76. The molecule has 0 unspecified atom stereocenters. The molecular formula is C16H14N2. The molecule has 0 spiro atoms. The minimum absolute atomic E-state index is 0.666. The molecule has 0 amide bonds. The molecule has 2 aromatic carbocycles. The van der Waals surface area contributed by atoms with Crippen LogP contribution >= 0.6 is 0 Å². The van der Waals surface area contributed by atoms with E-state index < -0.39 is 0 Å². The molecule has 0 aliphatic heterocycles. The third kappa shape index (κ3) is 2.83. The summed E-state index contributed by atoms with van der Waals surface area (Å²) in [5, 5.41) is 8.72. The van der Waals surface area contributed by atoms with Gasteiger partial charge in [-0.25, -0.2) is 0 Å². The first-order valence-corrected chi connectivity index (χ1v) is 5.80. The highest BCUT2D eigenvalue weighted by atomic mass is 14.7. The molecule has 2 aromatic rings. The fraction of sp³-hybridized carbons (Fsp3) is 0.125. The van der Waals surface area contributed by atoms with Gasteiger partial charge in [-0.05, 0) is 48.7 Å². The summed E-state index contributed by atoms with van der Waals surface area (Å²) in [5.74, 6) is 0. The van der Waals surface area contributed by atoms with E-state index in [0.717, 1.165) is 16.8 Å². The smallest absolute Gasteiger partial charge is 0.0991 e. The van der Waals surface area contributed by atoms with Crippen molar-refractivity contribution in [2.24, 2.45) is 4.99 Å². The Morgan fingerprint density at radius 1 is 1.06 bits per heavy atom. The first-order valence-electron chi connectivity index (χ1n) is 5.80. The van der Waals surface area contributed by atoms with Gasteiger partial charge in [0, 0.05) is 6.21 Å². The standard InChI is InChI=1S/C16H14N2/c1-12-3-4-13(2)16(9-12)18-11-15-7-5-14(10-17)6-8-15/h3-9,11H,1-2H3. The lowest BCUT2D eigenvalue weighted by Crippen LogP contribution is -1.83. The zero-order valence-electron chi connectivity index (χ0n) is 10.5. The fourth-order valence-electron chi connectivity index (χ4n) is 1.65. The zero-order chi connectivity index (χ0) is 13.0. The quantitative estimate of drug-likeness (QED) is 0.725. The number of aryl methyl sites for hydroxylation is 2. The van der Waals surface area contributed by atoms with Crippen LogP contribution in [0.15, 0.2) is 47.5 Å². The van der Waals surface area contributed by atoms with E-state index in [2.05, 4.69) is 36.2 Å². The van der Waals surface area contributed by atoms with Crippen molar-refractivity contribution < 1.29 is 0 Å². The summed E-state index contributed by atoms with van der Waals surface area (Å²) in [6.07, 6.45) is 1.82. The van der Waals surface area contributed by atoms with Crippen LogP contribution < -0.4 is 0 Å². The molecule has 2 nitrogen and oxygen atoms in total. The van der Waals surface area contributed by atoms with E-state index in [9.17, 15) is 0 Å². The molecule has 88 valence electrons. The van der Waals surface area contributed by atoms with E-state index >= 15 is 0 Å². The van der Waals surface area contributed by atoms with E-state index in [0.29, 0.717) is 5.56 Å². The van der Waals surface area contributed by atoms with Crippen LogP contribution in [0.2, 0.25) is 0 Å². The normalized spacial score (nSPS) is 10.5. The zero-order valence-corrected chi connectivity index (χ0v) is 10.5. The van der Waals surface area contributed by atoms with Crippen molar-refractivity contribution in [3.63, 3.8) is 0 Å². The van der Waals surface area contributed by atoms with Crippen molar-refractivity contribution in [2.45, 2.75) is 13.8 Å². The highest BCUT2D eigenvalue weighted by Gasteiger charge is 1.96. The Hall–Kier alpha value is -2.40. The Morgan fingerprint density at radius 2 is 1.78 bits per heavy atom. The number of benzene rings is 2. The Bertz CT molecular complexity index is 617. The van der Waals surface area contributed by atoms with Crippen molar-refractivity contribution >= 4 is 11.9 Å². The number of rotatable bonds is 2. The molecule has 18 heavy (non-hydrogen) atoms. The van der Waals surface area contributed by atoms with Crippen LogP contribution in [0.4, 0.5) is 5.69 Å². The van der Waals surface area contributed by atoms with E-state index in [4.69, 9.17) is 5.26 Å². The Kier molecular flexibility index (Phi) is 3.54. The number of nitrogens with zero attached hydrogens (tertiary/aromatic N) is 2. The van der Waals surface area contributed by atoms with Crippen molar-refractivity contribution in [1.82, 2.24) is 0 Å². The van der Waals surface area contributed by atoms with E-state index in [1.807, 2.05) is 25.3 Å². The summed E-state index contributed by atoms with van der Waals surface area (Å²) in [6.45, 7) is 4.10. The molecule has 0 aliphatic carbocycles. The summed E-state index contributed by atoms with van der Waals surface area (Å²) >= 11 is 0. The van der Waals surface area contributed by atoms with Crippen molar-refractivity contribution in [2.75, 3.05) is 0 Å². The molecule has 0 saturated carbocycles. The van der Waals surface area contributed by atoms with Crippen LogP contribution in [0.5, 0.6) is 0 Å². The maximum atomic E-state index is 8.72. The highest BCUT2D eigenvalue weighted by Crippen LogP contribution is 2.19. The topological polar surface area (TPSA) is 36.1 Å². The Labute approximate surface area is 107 Å². The number of nitriles is 1. The monoisotopic (exact) mass is 234 g/mol. The molecule has 0 aliphatic rings. The minimum atomic E-state index is 0.666. The van der Waals surface area contributed by atoms with Crippen LogP contribution in [-0.4, -0.2) is 6.21 Å². The molecule has 0 saturated heterocycles. The van der Waals surface area contributed by atoms with Gasteiger partial charge in [-0.2, -0.15) is 5.26 Å². The molecule has 0 N–H and O–H groups in total. The Morgan fingerprint density at radius 3 is 2.44 bits per heavy atom. The van der Waals surface area contributed by atoms with Gasteiger partial charge in [0.1, 0.15) is 0 Å². The number of aliphatic imine (C=N–C) groups is 1. The van der Waals surface area contributed by atoms with Crippen LogP contribution in [0.3, 0.4) is 0 Å². The molecule has 0 fully saturated rings. The van der Waals surface area contributed by atoms with Gasteiger partial charge in [0.2, 0.25) is 0 Å². The van der Waals surface area contributed by atoms with Gasteiger partial charge in [-0.15, -0.1) is 0 Å². The molecular weight excluding hydrogens is 220 g/mol. The maximum absolute atomic E-state index is 8.72. The molecule has 0 atom stereocenters. The van der Waals surface area contributed by atoms with E-state index in [1.165, 1.54) is 5.56 Å². The fourth-order valence-corrected chi connectivity index (χ4v) is 1.65. The van der Waals surface area contributed by atoms with Crippen LogP contribution in [0.1, 0.15) is 22.3 Å². The predicted molar refractivity (Wildman–Crippen MR) is 74.3 cm³/mol. The summed E-state index contributed by atoms with van der Waals surface area (Å²) in [4.78, 5) is 4.48. The second-order valence-corrected chi connectivity index (χ2v) is 4.28. The van der Waals surface area contributed by atoms with Gasteiger partial charge in [0.15, 0.2) is 0 Å². The van der Waals surface area contributed by atoms with Crippen LogP contribution in [0.25, 0.3) is 0 Å². The van der Waals surface area contributed by atoms with Crippen molar-refractivity contribution in [3.05, 3.63) is 64.7 Å². The van der Waals surface area contributed by atoms with Crippen molar-refractivity contribution in [1.29, 1.82) is 5.26 Å². The molecule has 2 rings (SSSR count). The average molecular weight is 234 g/mol. The lowest BCUT2D eigenvalue weighted by atomic mass is 10.1. The van der Waals surface area contributed by atoms with Crippen LogP contribution in [0, 0.1) is 25.2 Å². The van der Waals surface area contributed by atoms with E-state index in [-0.39, 0.29) is 0 Å². The predicted octanol–water partition coefficient (Wildman–Crippen LogP) is 3.93. The molecule has 0 aromatic heterocycles. The van der Waals surface area contributed by atoms with Gasteiger partial charge in [-0.1, -0.05) is 24.3 Å². The summed E-state index contributed by atoms with van der Waals surface area (Å²) < 4.78 is 0. The number of hydrogen-bond acceptors (Lipinski definition) is 2. The lowest BCUT2D eigenvalue weighted by molar-refractivity contribution is 1.35. The SMILES string of the molecule is Cc1ccc(C)c(N=Cc2ccc(C#N)cc2)c1. The first-order chi connectivity index (χ1) is 8.69. The maximum Gasteiger partial charge on any atom is 0.0991 e. The second kappa shape index (κ2) is 5.29. The van der Waals surface area contributed by atoms with Gasteiger partial charge in [-0.3, -0.25) is 4.99 Å². The third-order valence-corrected chi connectivity index (χ3v) is 2.76. The summed E-state index contributed by atoms with van der Waals surface area (Å²) in [6, 6.07) is 15.7. The van der Waals surface area contributed by atoms with Crippen LogP contribution in [-0.2, 0) is 0 Å². The van der Waals surface area contributed by atoms with Gasteiger partial charge >= 0.3 is 0 Å². The highest BCUT2D eigenvalue weighted by molar-refractivity contribution is 5.82. The summed E-state index contributed by atoms with van der Waals surface area (Å²) in [7, 11) is 0. The lowest BCUT2D eigenvalue weighted by Gasteiger charge is -2.01. The number of hydrogen-bond donors (Lipinski definition) is 0. The largest absolute Gasteiger partial charge is 0.256 e.